The number of carbonyl (C=O) groups excluding carboxylic acids is 1. The second-order valence-corrected chi connectivity index (χ2v) is 5.27. The Kier molecular flexibility index (Phi) is 5.87. The van der Waals surface area contributed by atoms with Gasteiger partial charge in [-0.1, -0.05) is 31.2 Å². The van der Waals surface area contributed by atoms with Gasteiger partial charge in [0.15, 0.2) is 6.10 Å². The van der Waals surface area contributed by atoms with Crippen molar-refractivity contribution >= 4 is 5.97 Å². The molecule has 0 aliphatic heterocycles. The molecule has 23 heavy (non-hydrogen) atoms. The molecule has 2 atom stereocenters. The van der Waals surface area contributed by atoms with Gasteiger partial charge in [-0.2, -0.15) is 0 Å². The molecule has 2 aromatic rings. The van der Waals surface area contributed by atoms with E-state index in [0.29, 0.717) is 11.3 Å². The Labute approximate surface area is 135 Å². The summed E-state index contributed by atoms with van der Waals surface area (Å²) in [6, 6.07) is 11.8. The largest absolute Gasteiger partial charge is 0.455 e. The molecule has 0 bridgehead atoms. The molecule has 0 saturated heterocycles. The molecule has 2 rings (SSSR count). The smallest absolute Gasteiger partial charge is 0.307 e. The fourth-order valence-corrected chi connectivity index (χ4v) is 2.32. The highest BCUT2D eigenvalue weighted by atomic mass is 19.1. The summed E-state index contributed by atoms with van der Waals surface area (Å²) in [6.07, 6.45) is 6.70. The standard InChI is InChI=1S/C19H18FNO2/c1-3-8-18(17-11-6-7-12-21-17)23-19(22)13-14(2)15-9-4-5-10-16(15)20/h1,4-7,9-12,14,18H,8,13H2,2H3/t14-,18+/m0/s1. The van der Waals surface area contributed by atoms with Gasteiger partial charge in [0.25, 0.3) is 0 Å². The minimum Gasteiger partial charge on any atom is -0.455 e. The second kappa shape index (κ2) is 8.09. The number of aromatic nitrogens is 1. The number of halogens is 1. The van der Waals surface area contributed by atoms with Gasteiger partial charge in [0, 0.05) is 6.20 Å². The Balaban J connectivity index is 2.02. The van der Waals surface area contributed by atoms with Crippen LogP contribution < -0.4 is 0 Å². The zero-order chi connectivity index (χ0) is 16.7. The Morgan fingerprint density at radius 2 is 2.04 bits per heavy atom. The average molecular weight is 311 g/mol. The minimum atomic E-state index is -0.582. The predicted molar refractivity (Wildman–Crippen MR) is 86.0 cm³/mol. The first-order valence-electron chi connectivity index (χ1n) is 7.40. The lowest BCUT2D eigenvalue weighted by Crippen LogP contribution is -2.14. The van der Waals surface area contributed by atoms with E-state index in [1.54, 1.807) is 43.5 Å². The first-order valence-corrected chi connectivity index (χ1v) is 7.40. The predicted octanol–water partition coefficient (Wildman–Crippen LogP) is 4.02. The van der Waals surface area contributed by atoms with E-state index in [1.807, 2.05) is 6.07 Å². The number of ether oxygens (including phenoxy) is 1. The number of pyridine rings is 1. The highest BCUT2D eigenvalue weighted by Gasteiger charge is 2.20. The number of hydrogen-bond acceptors (Lipinski definition) is 3. The lowest BCUT2D eigenvalue weighted by atomic mass is 9.97. The number of benzene rings is 1. The maximum absolute atomic E-state index is 13.8. The van der Waals surface area contributed by atoms with Crippen LogP contribution in [0.4, 0.5) is 4.39 Å². The molecule has 0 unspecified atom stereocenters. The van der Waals surface area contributed by atoms with Gasteiger partial charge in [-0.15, -0.1) is 12.3 Å². The maximum atomic E-state index is 13.8. The third-order valence-electron chi connectivity index (χ3n) is 3.50. The van der Waals surface area contributed by atoms with Crippen molar-refractivity contribution in [3.05, 3.63) is 65.7 Å². The average Bonchev–Trinajstić information content (AvgIpc) is 2.55. The highest BCUT2D eigenvalue weighted by Crippen LogP contribution is 2.25. The van der Waals surface area contributed by atoms with Crippen molar-refractivity contribution in [2.24, 2.45) is 0 Å². The van der Waals surface area contributed by atoms with E-state index in [9.17, 15) is 9.18 Å². The summed E-state index contributed by atoms with van der Waals surface area (Å²) in [5, 5.41) is 0. The van der Waals surface area contributed by atoms with Crippen molar-refractivity contribution in [2.75, 3.05) is 0 Å². The topological polar surface area (TPSA) is 39.2 Å². The summed E-state index contributed by atoms with van der Waals surface area (Å²) >= 11 is 0. The molecule has 1 heterocycles. The molecule has 0 aliphatic rings. The van der Waals surface area contributed by atoms with E-state index in [-0.39, 0.29) is 24.6 Å². The Bertz CT molecular complexity index is 694. The molecule has 0 fully saturated rings. The van der Waals surface area contributed by atoms with Crippen molar-refractivity contribution < 1.29 is 13.9 Å². The monoisotopic (exact) mass is 311 g/mol. The van der Waals surface area contributed by atoms with Gasteiger partial charge in [0.1, 0.15) is 5.82 Å². The Morgan fingerprint density at radius 3 is 2.70 bits per heavy atom. The molecule has 0 N–H and O–H groups in total. The zero-order valence-electron chi connectivity index (χ0n) is 12.9. The van der Waals surface area contributed by atoms with E-state index >= 15 is 0 Å². The molecule has 0 amide bonds. The molecule has 0 radical (unpaired) electrons. The SMILES string of the molecule is C#CC[C@@H](OC(=O)C[C@H](C)c1ccccc1F)c1ccccn1. The fraction of sp³-hybridized carbons (Fsp3) is 0.263. The maximum Gasteiger partial charge on any atom is 0.307 e. The van der Waals surface area contributed by atoms with Crippen LogP contribution in [0.3, 0.4) is 0 Å². The van der Waals surface area contributed by atoms with Crippen molar-refractivity contribution in [1.82, 2.24) is 4.98 Å². The number of hydrogen-bond donors (Lipinski definition) is 0. The number of terminal acetylenes is 1. The summed E-state index contributed by atoms with van der Waals surface area (Å²) in [6.45, 7) is 1.79. The van der Waals surface area contributed by atoms with Crippen LogP contribution in [0.2, 0.25) is 0 Å². The first-order chi connectivity index (χ1) is 11.1. The van der Waals surface area contributed by atoms with Crippen LogP contribution in [-0.4, -0.2) is 11.0 Å². The molecule has 0 spiro atoms. The lowest BCUT2D eigenvalue weighted by molar-refractivity contribution is -0.149. The summed E-state index contributed by atoms with van der Waals surface area (Å²) < 4.78 is 19.2. The quantitative estimate of drug-likeness (QED) is 0.597. The van der Waals surface area contributed by atoms with Crippen LogP contribution in [0.5, 0.6) is 0 Å². The Morgan fingerprint density at radius 1 is 1.30 bits per heavy atom. The van der Waals surface area contributed by atoms with Gasteiger partial charge in [-0.25, -0.2) is 4.39 Å². The fourth-order valence-electron chi connectivity index (χ4n) is 2.32. The summed E-state index contributed by atoms with van der Waals surface area (Å²) in [5.41, 5.74) is 1.10. The van der Waals surface area contributed by atoms with Crippen molar-refractivity contribution in [3.8, 4) is 12.3 Å². The van der Waals surface area contributed by atoms with E-state index in [4.69, 9.17) is 11.2 Å². The normalized spacial score (nSPS) is 12.9. The third-order valence-corrected chi connectivity index (χ3v) is 3.50. The van der Waals surface area contributed by atoms with Gasteiger partial charge in [0.05, 0.1) is 18.5 Å². The summed E-state index contributed by atoms with van der Waals surface area (Å²) in [5.74, 6) is 1.46. The number of carbonyl (C=O) groups is 1. The highest BCUT2D eigenvalue weighted by molar-refractivity contribution is 5.70. The van der Waals surface area contributed by atoms with E-state index in [0.717, 1.165) is 0 Å². The van der Waals surface area contributed by atoms with E-state index in [2.05, 4.69) is 10.9 Å². The van der Waals surface area contributed by atoms with Gasteiger partial charge in [0.2, 0.25) is 0 Å². The number of esters is 1. The van der Waals surface area contributed by atoms with Gasteiger partial charge < -0.3 is 4.74 Å². The molecule has 118 valence electrons. The lowest BCUT2D eigenvalue weighted by Gasteiger charge is -2.17. The van der Waals surface area contributed by atoms with Gasteiger partial charge in [-0.05, 0) is 29.7 Å². The molecule has 0 saturated carbocycles. The van der Waals surface area contributed by atoms with Crippen LogP contribution in [0.1, 0.15) is 43.0 Å². The van der Waals surface area contributed by atoms with Crippen LogP contribution in [0.15, 0.2) is 48.7 Å². The number of rotatable bonds is 6. The molecule has 1 aromatic carbocycles. The van der Waals surface area contributed by atoms with Crippen molar-refractivity contribution in [1.29, 1.82) is 0 Å². The molecule has 0 aliphatic carbocycles. The summed E-state index contributed by atoms with van der Waals surface area (Å²) in [7, 11) is 0. The van der Waals surface area contributed by atoms with E-state index in [1.165, 1.54) is 6.07 Å². The molecular formula is C19H18FNO2. The molecule has 3 nitrogen and oxygen atoms in total. The van der Waals surface area contributed by atoms with Crippen LogP contribution >= 0.6 is 0 Å². The third kappa shape index (κ3) is 4.65. The van der Waals surface area contributed by atoms with E-state index < -0.39 is 12.1 Å². The zero-order valence-corrected chi connectivity index (χ0v) is 12.9. The molecule has 1 aromatic heterocycles. The van der Waals surface area contributed by atoms with Gasteiger partial charge in [-0.3, -0.25) is 9.78 Å². The molecular weight excluding hydrogens is 293 g/mol. The van der Waals surface area contributed by atoms with Crippen molar-refractivity contribution in [2.45, 2.75) is 31.8 Å². The minimum absolute atomic E-state index is 0.0782. The summed E-state index contributed by atoms with van der Waals surface area (Å²) in [4.78, 5) is 16.3. The number of nitrogens with zero attached hydrogens (tertiary/aromatic N) is 1. The van der Waals surface area contributed by atoms with Gasteiger partial charge >= 0.3 is 5.97 Å². The Hall–Kier alpha value is -2.67. The van der Waals surface area contributed by atoms with Crippen LogP contribution in [-0.2, 0) is 9.53 Å². The second-order valence-electron chi connectivity index (χ2n) is 5.27. The van der Waals surface area contributed by atoms with Crippen LogP contribution in [0, 0.1) is 18.2 Å². The van der Waals surface area contributed by atoms with Crippen molar-refractivity contribution in [3.63, 3.8) is 0 Å². The van der Waals surface area contributed by atoms with Crippen LogP contribution in [0.25, 0.3) is 0 Å². The first kappa shape index (κ1) is 16.7. The molecule has 4 heteroatoms.